The molecule has 0 saturated carbocycles. The van der Waals surface area contributed by atoms with Gasteiger partial charge in [-0.25, -0.2) is 13.6 Å². The largest absolute Gasteiger partial charge is 0.444 e. The Hall–Kier alpha value is -3.49. The number of nitrogens with one attached hydrogen (secondary N) is 2. The van der Waals surface area contributed by atoms with Crippen LogP contribution in [0.2, 0.25) is 0 Å². The minimum atomic E-state index is -0.709. The second kappa shape index (κ2) is 14.4. The third kappa shape index (κ3) is 10.4. The molecule has 0 aromatic heterocycles. The molecule has 224 valence electrons. The van der Waals surface area contributed by atoms with Gasteiger partial charge in [0.2, 0.25) is 11.8 Å². The van der Waals surface area contributed by atoms with Crippen molar-refractivity contribution in [3.8, 4) is 0 Å². The summed E-state index contributed by atoms with van der Waals surface area (Å²) in [6.07, 6.45) is 1.85. The van der Waals surface area contributed by atoms with Crippen molar-refractivity contribution in [2.75, 3.05) is 13.1 Å². The fraction of sp³-hybridized carbons (Fsp3) is 0.531. The average molecular weight is 572 g/mol. The number of halogens is 2. The summed E-state index contributed by atoms with van der Waals surface area (Å²) in [5.41, 5.74) is 1.06. The fourth-order valence-electron chi connectivity index (χ4n) is 5.07. The number of hydrogen-bond donors (Lipinski definition) is 2. The van der Waals surface area contributed by atoms with Gasteiger partial charge in [-0.05, 0) is 87.8 Å². The van der Waals surface area contributed by atoms with E-state index in [2.05, 4.69) is 10.6 Å². The van der Waals surface area contributed by atoms with Crippen LogP contribution < -0.4 is 10.6 Å². The zero-order valence-electron chi connectivity index (χ0n) is 24.7. The minimum Gasteiger partial charge on any atom is -0.444 e. The number of alkyl carbamates (subject to hydrolysis) is 1. The highest BCUT2D eigenvalue weighted by atomic mass is 19.1. The number of benzene rings is 2. The zero-order chi connectivity index (χ0) is 30.2. The van der Waals surface area contributed by atoms with Crippen LogP contribution in [0, 0.1) is 17.6 Å². The van der Waals surface area contributed by atoms with Crippen LogP contribution in [0.3, 0.4) is 0 Å². The third-order valence-corrected chi connectivity index (χ3v) is 7.10. The molecule has 0 bridgehead atoms. The number of carbonyl (C=O) groups excluding carboxylic acids is 3. The van der Waals surface area contributed by atoms with E-state index in [-0.39, 0.29) is 47.7 Å². The first kappa shape index (κ1) is 32.0. The molecule has 7 nitrogen and oxygen atoms in total. The van der Waals surface area contributed by atoms with Crippen molar-refractivity contribution >= 4 is 17.9 Å². The van der Waals surface area contributed by atoms with Gasteiger partial charge in [0, 0.05) is 31.5 Å². The molecule has 1 saturated heterocycles. The average Bonchev–Trinajstić information content (AvgIpc) is 2.89. The predicted octanol–water partition coefficient (Wildman–Crippen LogP) is 5.92. The summed E-state index contributed by atoms with van der Waals surface area (Å²) < 4.78 is 32.4. The lowest BCUT2D eigenvalue weighted by atomic mass is 9.87. The number of rotatable bonds is 10. The van der Waals surface area contributed by atoms with Gasteiger partial charge in [-0.1, -0.05) is 38.1 Å². The van der Waals surface area contributed by atoms with Gasteiger partial charge >= 0.3 is 6.09 Å². The predicted molar refractivity (Wildman–Crippen MR) is 154 cm³/mol. The van der Waals surface area contributed by atoms with Gasteiger partial charge in [-0.3, -0.25) is 9.59 Å². The van der Waals surface area contributed by atoms with Crippen molar-refractivity contribution in [1.82, 2.24) is 15.5 Å². The Balaban J connectivity index is 1.54. The molecule has 2 aromatic rings. The molecule has 0 spiro atoms. The number of ether oxygens (including phenoxy) is 1. The molecule has 0 unspecified atom stereocenters. The molecule has 9 heteroatoms. The van der Waals surface area contributed by atoms with Gasteiger partial charge in [0.1, 0.15) is 23.3 Å². The first-order valence-electron chi connectivity index (χ1n) is 14.4. The van der Waals surface area contributed by atoms with E-state index < -0.39 is 17.7 Å². The molecular formula is C32H43F2N3O4. The van der Waals surface area contributed by atoms with Crippen molar-refractivity contribution in [1.29, 1.82) is 0 Å². The minimum absolute atomic E-state index is 0.00766. The van der Waals surface area contributed by atoms with Crippen LogP contribution in [0.1, 0.15) is 83.8 Å². The number of nitrogens with zero attached hydrogens (tertiary/aromatic N) is 1. The Kier molecular flexibility index (Phi) is 11.3. The van der Waals surface area contributed by atoms with Crippen LogP contribution in [-0.2, 0) is 14.3 Å². The van der Waals surface area contributed by atoms with E-state index in [9.17, 15) is 23.2 Å². The lowest BCUT2D eigenvalue weighted by Crippen LogP contribution is -2.53. The Morgan fingerprint density at radius 3 is 1.90 bits per heavy atom. The lowest BCUT2D eigenvalue weighted by molar-refractivity contribution is -0.132. The molecule has 1 aliphatic rings. The number of amides is 3. The first-order valence-corrected chi connectivity index (χ1v) is 14.4. The molecule has 0 radical (unpaired) electrons. The smallest absolute Gasteiger partial charge is 0.408 e. The Bertz CT molecular complexity index is 1110. The maximum atomic E-state index is 13.5. The van der Waals surface area contributed by atoms with E-state index in [4.69, 9.17) is 4.74 Å². The summed E-state index contributed by atoms with van der Waals surface area (Å²) in [6.45, 7) is 10.3. The van der Waals surface area contributed by atoms with Gasteiger partial charge in [0.15, 0.2) is 0 Å². The summed E-state index contributed by atoms with van der Waals surface area (Å²) in [7, 11) is 0. The van der Waals surface area contributed by atoms with Crippen molar-refractivity contribution in [3.63, 3.8) is 0 Å². The molecule has 41 heavy (non-hydrogen) atoms. The van der Waals surface area contributed by atoms with E-state index in [1.807, 2.05) is 13.8 Å². The topological polar surface area (TPSA) is 87.7 Å². The van der Waals surface area contributed by atoms with Gasteiger partial charge < -0.3 is 20.3 Å². The molecule has 0 aliphatic carbocycles. The monoisotopic (exact) mass is 571 g/mol. The first-order chi connectivity index (χ1) is 19.3. The van der Waals surface area contributed by atoms with E-state index in [0.717, 1.165) is 11.1 Å². The third-order valence-electron chi connectivity index (χ3n) is 7.10. The Morgan fingerprint density at radius 1 is 0.927 bits per heavy atom. The fourth-order valence-corrected chi connectivity index (χ4v) is 5.07. The quantitative estimate of drug-likeness (QED) is 0.371. The molecule has 1 fully saturated rings. The molecule has 1 aliphatic heterocycles. The number of carbonyl (C=O) groups is 3. The van der Waals surface area contributed by atoms with Crippen LogP contribution >= 0.6 is 0 Å². The normalized spacial score (nSPS) is 15.1. The second-order valence-corrected chi connectivity index (χ2v) is 12.2. The van der Waals surface area contributed by atoms with Crippen LogP contribution in [-0.4, -0.2) is 53.6 Å². The summed E-state index contributed by atoms with van der Waals surface area (Å²) >= 11 is 0. The van der Waals surface area contributed by atoms with Crippen LogP contribution in [0.5, 0.6) is 0 Å². The summed E-state index contributed by atoms with van der Waals surface area (Å²) in [4.78, 5) is 40.3. The van der Waals surface area contributed by atoms with E-state index in [1.54, 1.807) is 49.9 Å². The summed E-state index contributed by atoms with van der Waals surface area (Å²) in [5, 5.41) is 5.75. The molecule has 1 atom stereocenters. The number of hydrogen-bond acceptors (Lipinski definition) is 4. The summed E-state index contributed by atoms with van der Waals surface area (Å²) in [6, 6.07) is 11.6. The van der Waals surface area contributed by atoms with Crippen LogP contribution in [0.25, 0.3) is 0 Å². The van der Waals surface area contributed by atoms with Gasteiger partial charge in [0.25, 0.3) is 0 Å². The molecule has 2 aromatic carbocycles. The highest BCUT2D eigenvalue weighted by Crippen LogP contribution is 2.30. The van der Waals surface area contributed by atoms with Crippen molar-refractivity contribution in [2.45, 2.75) is 90.3 Å². The van der Waals surface area contributed by atoms with E-state index >= 15 is 0 Å². The maximum absolute atomic E-state index is 13.5. The van der Waals surface area contributed by atoms with Crippen molar-refractivity contribution < 1.29 is 27.9 Å². The highest BCUT2D eigenvalue weighted by Gasteiger charge is 2.29. The van der Waals surface area contributed by atoms with Gasteiger partial charge in [0.05, 0.1) is 0 Å². The van der Waals surface area contributed by atoms with Crippen LogP contribution in [0.15, 0.2) is 48.5 Å². The Morgan fingerprint density at radius 2 is 1.44 bits per heavy atom. The Labute approximate surface area is 242 Å². The molecular weight excluding hydrogens is 528 g/mol. The van der Waals surface area contributed by atoms with Gasteiger partial charge in [-0.2, -0.15) is 0 Å². The number of likely N-dealkylation sites (tertiary alicyclic amines) is 1. The standard InChI is InChI=1S/C32H43F2N3O4/c1-21(2)20-28(36-31(40)41-32(3,4)5)30(39)35-26-16-18-37(19-17-26)29(38)15-14-27(22-6-10-24(33)11-7-22)23-8-12-25(34)13-9-23/h6-13,21,26-28H,14-20H2,1-5H3,(H,35,39)(H,36,40)/t28-/m0/s1. The van der Waals surface area contributed by atoms with Crippen LogP contribution in [0.4, 0.5) is 13.6 Å². The SMILES string of the molecule is CC(C)C[C@H](NC(=O)OC(C)(C)C)C(=O)NC1CCN(C(=O)CCC(c2ccc(F)cc2)c2ccc(F)cc2)CC1. The van der Waals surface area contributed by atoms with Gasteiger partial charge in [-0.15, -0.1) is 0 Å². The molecule has 1 heterocycles. The zero-order valence-corrected chi connectivity index (χ0v) is 24.7. The van der Waals surface area contributed by atoms with Crippen molar-refractivity contribution in [3.05, 3.63) is 71.3 Å². The van der Waals surface area contributed by atoms with E-state index in [0.29, 0.717) is 38.8 Å². The summed E-state index contributed by atoms with van der Waals surface area (Å²) in [5.74, 6) is -0.909. The lowest BCUT2D eigenvalue weighted by Gasteiger charge is -2.34. The molecule has 2 N–H and O–H groups in total. The highest BCUT2D eigenvalue weighted by molar-refractivity contribution is 5.86. The van der Waals surface area contributed by atoms with Crippen molar-refractivity contribution in [2.24, 2.45) is 5.92 Å². The maximum Gasteiger partial charge on any atom is 0.408 e. The second-order valence-electron chi connectivity index (χ2n) is 12.2. The molecule has 3 amide bonds. The molecule has 3 rings (SSSR count). The number of piperidine rings is 1. The van der Waals surface area contributed by atoms with E-state index in [1.165, 1.54) is 24.3 Å².